The molecule has 19 heavy (non-hydrogen) atoms. The topological polar surface area (TPSA) is 152 Å². The molecule has 1 rings (SSSR count). The minimum absolute atomic E-state index is 0.0864. The lowest BCUT2D eigenvalue weighted by molar-refractivity contribution is -0.139. The SMILES string of the molecule is Cn1ncnc1NC(=O)N[C@@H](CCC(N)=O)C(=O)O. The van der Waals surface area contributed by atoms with Gasteiger partial charge in [-0.05, 0) is 6.42 Å². The summed E-state index contributed by atoms with van der Waals surface area (Å²) in [4.78, 5) is 36.8. The van der Waals surface area contributed by atoms with Crippen molar-refractivity contribution in [2.45, 2.75) is 18.9 Å². The van der Waals surface area contributed by atoms with Crippen LogP contribution in [0.2, 0.25) is 0 Å². The van der Waals surface area contributed by atoms with Gasteiger partial charge in [-0.25, -0.2) is 14.3 Å². The second-order valence-electron chi connectivity index (χ2n) is 3.70. The number of primary amides is 1. The summed E-state index contributed by atoms with van der Waals surface area (Å²) in [7, 11) is 1.56. The van der Waals surface area contributed by atoms with E-state index in [4.69, 9.17) is 10.8 Å². The van der Waals surface area contributed by atoms with Crippen LogP contribution in [0.25, 0.3) is 0 Å². The van der Waals surface area contributed by atoms with Gasteiger partial charge in [0.05, 0.1) is 0 Å². The number of aromatic nitrogens is 3. The van der Waals surface area contributed by atoms with Crippen molar-refractivity contribution in [2.75, 3.05) is 5.32 Å². The average molecular weight is 270 g/mol. The summed E-state index contributed by atoms with van der Waals surface area (Å²) in [6, 6.07) is -1.96. The first-order valence-corrected chi connectivity index (χ1v) is 5.32. The van der Waals surface area contributed by atoms with E-state index >= 15 is 0 Å². The molecule has 1 heterocycles. The normalized spacial score (nSPS) is 11.6. The Kier molecular flexibility index (Phi) is 4.80. The zero-order chi connectivity index (χ0) is 14.4. The molecule has 5 N–H and O–H groups in total. The number of nitrogens with zero attached hydrogens (tertiary/aromatic N) is 3. The van der Waals surface area contributed by atoms with E-state index in [1.165, 1.54) is 11.0 Å². The lowest BCUT2D eigenvalue weighted by atomic mass is 10.1. The first-order valence-electron chi connectivity index (χ1n) is 5.32. The molecule has 0 aromatic carbocycles. The number of carbonyl (C=O) groups is 3. The molecule has 1 atom stereocenters. The van der Waals surface area contributed by atoms with Crippen molar-refractivity contribution >= 4 is 23.9 Å². The highest BCUT2D eigenvalue weighted by Gasteiger charge is 2.21. The number of carboxylic acid groups (broad SMARTS) is 1. The van der Waals surface area contributed by atoms with Gasteiger partial charge in [0.2, 0.25) is 11.9 Å². The summed E-state index contributed by atoms with van der Waals surface area (Å²) in [6.07, 6.45) is 1.01. The Labute approximate surface area is 108 Å². The highest BCUT2D eigenvalue weighted by molar-refractivity contribution is 5.91. The maximum atomic E-state index is 11.5. The molecular weight excluding hydrogens is 256 g/mol. The Hall–Kier alpha value is -2.65. The molecule has 0 aliphatic rings. The smallest absolute Gasteiger partial charge is 0.326 e. The third-order valence-electron chi connectivity index (χ3n) is 2.22. The van der Waals surface area contributed by atoms with Gasteiger partial charge in [-0.2, -0.15) is 10.1 Å². The van der Waals surface area contributed by atoms with Crippen LogP contribution in [0.5, 0.6) is 0 Å². The minimum atomic E-state index is -1.26. The van der Waals surface area contributed by atoms with Gasteiger partial charge in [0.15, 0.2) is 0 Å². The number of carbonyl (C=O) groups excluding carboxylic acids is 2. The fourth-order valence-corrected chi connectivity index (χ4v) is 1.25. The quantitative estimate of drug-likeness (QED) is 0.501. The van der Waals surface area contributed by atoms with E-state index in [1.54, 1.807) is 7.05 Å². The largest absolute Gasteiger partial charge is 0.480 e. The fourth-order valence-electron chi connectivity index (χ4n) is 1.25. The number of aliphatic carboxylic acids is 1. The Morgan fingerprint density at radius 3 is 2.68 bits per heavy atom. The van der Waals surface area contributed by atoms with Crippen molar-refractivity contribution in [2.24, 2.45) is 12.8 Å². The van der Waals surface area contributed by atoms with E-state index in [0.29, 0.717) is 0 Å². The molecule has 0 fully saturated rings. The van der Waals surface area contributed by atoms with Crippen molar-refractivity contribution in [3.63, 3.8) is 0 Å². The third kappa shape index (κ3) is 4.61. The standard InChI is InChI=1S/C9H14N6O4/c1-15-8(11-4-12-15)14-9(19)13-5(7(17)18)2-3-6(10)16/h4-5H,2-3H2,1H3,(H2,10,16)(H,17,18)(H2,11,12,13,14,19)/t5-/m0/s1. The molecular formula is C9H14N6O4. The predicted octanol–water partition coefficient (Wildman–Crippen LogP) is -1.34. The monoisotopic (exact) mass is 270 g/mol. The molecule has 0 saturated heterocycles. The van der Waals surface area contributed by atoms with Gasteiger partial charge in [0.1, 0.15) is 12.4 Å². The number of anilines is 1. The average Bonchev–Trinajstić information content (AvgIpc) is 2.69. The van der Waals surface area contributed by atoms with Crippen molar-refractivity contribution in [3.8, 4) is 0 Å². The molecule has 0 saturated carbocycles. The Morgan fingerprint density at radius 1 is 1.53 bits per heavy atom. The molecule has 0 unspecified atom stereocenters. The molecule has 1 aromatic rings. The summed E-state index contributed by atoms with van der Waals surface area (Å²) in [5.41, 5.74) is 4.92. The molecule has 3 amide bonds. The van der Waals surface area contributed by atoms with Crippen LogP contribution < -0.4 is 16.4 Å². The zero-order valence-corrected chi connectivity index (χ0v) is 10.2. The first-order chi connectivity index (χ1) is 8.90. The fraction of sp³-hybridized carbons (Fsp3) is 0.444. The molecule has 0 radical (unpaired) electrons. The van der Waals surface area contributed by atoms with E-state index in [1.807, 2.05) is 0 Å². The van der Waals surface area contributed by atoms with Gasteiger partial charge in [0.25, 0.3) is 0 Å². The van der Waals surface area contributed by atoms with E-state index in [9.17, 15) is 14.4 Å². The Bertz CT molecular complexity index is 485. The summed E-state index contributed by atoms with van der Waals surface area (Å²) in [6.45, 7) is 0. The van der Waals surface area contributed by atoms with E-state index in [-0.39, 0.29) is 18.8 Å². The molecule has 0 bridgehead atoms. The highest BCUT2D eigenvalue weighted by Crippen LogP contribution is 2.00. The Balaban J connectivity index is 2.54. The lowest BCUT2D eigenvalue weighted by Gasteiger charge is -2.13. The van der Waals surface area contributed by atoms with Gasteiger partial charge < -0.3 is 16.2 Å². The molecule has 0 spiro atoms. The summed E-state index contributed by atoms with van der Waals surface area (Å²) >= 11 is 0. The van der Waals surface area contributed by atoms with Crippen molar-refractivity contribution in [3.05, 3.63) is 6.33 Å². The van der Waals surface area contributed by atoms with Gasteiger partial charge in [-0.3, -0.25) is 10.1 Å². The first kappa shape index (κ1) is 14.4. The molecule has 0 aliphatic carbocycles. The summed E-state index contributed by atoms with van der Waals surface area (Å²) in [5.74, 6) is -1.73. The zero-order valence-electron chi connectivity index (χ0n) is 10.2. The van der Waals surface area contributed by atoms with Crippen LogP contribution in [0.1, 0.15) is 12.8 Å². The van der Waals surface area contributed by atoms with Crippen LogP contribution in [0, 0.1) is 0 Å². The number of aryl methyl sites for hydroxylation is 1. The number of carboxylic acids is 1. The molecule has 104 valence electrons. The predicted molar refractivity (Wildman–Crippen MR) is 63.0 cm³/mol. The van der Waals surface area contributed by atoms with Crippen molar-refractivity contribution in [1.82, 2.24) is 20.1 Å². The summed E-state index contributed by atoms with van der Waals surface area (Å²) < 4.78 is 1.30. The lowest BCUT2D eigenvalue weighted by Crippen LogP contribution is -2.43. The number of rotatable bonds is 6. The number of urea groups is 1. The van der Waals surface area contributed by atoms with Crippen LogP contribution in [0.4, 0.5) is 10.7 Å². The second kappa shape index (κ2) is 6.33. The number of hydrogen-bond acceptors (Lipinski definition) is 5. The van der Waals surface area contributed by atoms with Crippen LogP contribution in [0.3, 0.4) is 0 Å². The molecule has 1 aromatic heterocycles. The van der Waals surface area contributed by atoms with E-state index < -0.39 is 23.9 Å². The highest BCUT2D eigenvalue weighted by atomic mass is 16.4. The van der Waals surface area contributed by atoms with Crippen molar-refractivity contribution < 1.29 is 19.5 Å². The van der Waals surface area contributed by atoms with Crippen LogP contribution >= 0.6 is 0 Å². The van der Waals surface area contributed by atoms with Gasteiger partial charge in [0, 0.05) is 13.5 Å². The van der Waals surface area contributed by atoms with Crippen LogP contribution in [-0.2, 0) is 16.6 Å². The summed E-state index contributed by atoms with van der Waals surface area (Å²) in [5, 5.41) is 17.1. The Morgan fingerprint density at radius 2 is 2.21 bits per heavy atom. The molecule has 10 heteroatoms. The maximum absolute atomic E-state index is 11.5. The molecule has 0 aliphatic heterocycles. The van der Waals surface area contributed by atoms with Crippen LogP contribution in [0.15, 0.2) is 6.33 Å². The van der Waals surface area contributed by atoms with Gasteiger partial charge in [-0.15, -0.1) is 0 Å². The van der Waals surface area contributed by atoms with Crippen molar-refractivity contribution in [1.29, 1.82) is 0 Å². The number of nitrogens with two attached hydrogens (primary N) is 1. The number of hydrogen-bond donors (Lipinski definition) is 4. The van der Waals surface area contributed by atoms with E-state index in [2.05, 4.69) is 20.7 Å². The maximum Gasteiger partial charge on any atom is 0.326 e. The second-order valence-corrected chi connectivity index (χ2v) is 3.70. The number of amides is 3. The van der Waals surface area contributed by atoms with Gasteiger partial charge in [-0.1, -0.05) is 0 Å². The van der Waals surface area contributed by atoms with Gasteiger partial charge >= 0.3 is 12.0 Å². The molecule has 10 nitrogen and oxygen atoms in total. The minimum Gasteiger partial charge on any atom is -0.480 e. The number of nitrogens with one attached hydrogen (secondary N) is 2. The third-order valence-corrected chi connectivity index (χ3v) is 2.22. The van der Waals surface area contributed by atoms with Crippen LogP contribution in [-0.4, -0.2) is 43.8 Å². The van der Waals surface area contributed by atoms with E-state index in [0.717, 1.165) is 0 Å².